The topological polar surface area (TPSA) is 63.4 Å². The third-order valence-electron chi connectivity index (χ3n) is 2.01. The Kier molecular flexibility index (Phi) is 3.66. The molecule has 1 rings (SSSR count). The van der Waals surface area contributed by atoms with Crippen molar-refractivity contribution in [2.45, 2.75) is 18.7 Å². The molecule has 4 nitrogen and oxygen atoms in total. The molecule has 0 aliphatic rings. The maximum atomic E-state index is 12.9. The van der Waals surface area contributed by atoms with Gasteiger partial charge in [-0.1, -0.05) is 6.07 Å². The van der Waals surface area contributed by atoms with Gasteiger partial charge in [0.15, 0.2) is 6.10 Å². The summed E-state index contributed by atoms with van der Waals surface area (Å²) in [7, 11) is 0. The first kappa shape index (κ1) is 13.4. The van der Waals surface area contributed by atoms with Crippen molar-refractivity contribution in [1.29, 1.82) is 0 Å². The Morgan fingerprint density at radius 1 is 1.41 bits per heavy atom. The summed E-state index contributed by atoms with van der Waals surface area (Å²) in [5.74, 6) is -1.14. The van der Waals surface area contributed by atoms with Crippen LogP contribution in [0.1, 0.15) is 5.56 Å². The summed E-state index contributed by atoms with van der Waals surface area (Å²) in [5.41, 5.74) is -1.08. The number of nitro benzene ring substituents is 1. The summed E-state index contributed by atoms with van der Waals surface area (Å²) in [6.07, 6.45) is -8.30. The van der Waals surface area contributed by atoms with E-state index in [0.29, 0.717) is 12.1 Å². The van der Waals surface area contributed by atoms with Crippen LogP contribution in [-0.4, -0.2) is 22.3 Å². The van der Waals surface area contributed by atoms with Crippen molar-refractivity contribution >= 4 is 5.69 Å². The average Bonchev–Trinajstić information content (AvgIpc) is 2.19. The molecule has 17 heavy (non-hydrogen) atoms. The Morgan fingerprint density at radius 3 is 2.47 bits per heavy atom. The standard InChI is InChI=1S/C9H7F4NO3/c10-6-2-1-5(3-7(6)14(16)17)4-8(15)9(11,12)13/h1-3,8,15H,4H2. The monoisotopic (exact) mass is 253 g/mol. The number of hydrogen-bond acceptors (Lipinski definition) is 3. The number of hydrogen-bond donors (Lipinski definition) is 1. The first-order chi connectivity index (χ1) is 7.71. The molecule has 1 N–H and O–H groups in total. The Morgan fingerprint density at radius 2 is 2.00 bits per heavy atom. The maximum absolute atomic E-state index is 12.9. The van der Waals surface area contributed by atoms with Crippen LogP contribution in [0.25, 0.3) is 0 Å². The SMILES string of the molecule is O=[N+]([O-])c1cc(CC(O)C(F)(F)F)ccc1F. The lowest BCUT2D eigenvalue weighted by Crippen LogP contribution is -2.30. The van der Waals surface area contributed by atoms with E-state index in [-0.39, 0.29) is 5.56 Å². The minimum atomic E-state index is -4.82. The summed E-state index contributed by atoms with van der Waals surface area (Å²) in [6.45, 7) is 0. The van der Waals surface area contributed by atoms with E-state index < -0.39 is 35.1 Å². The van der Waals surface area contributed by atoms with Crippen LogP contribution >= 0.6 is 0 Å². The molecule has 0 aliphatic carbocycles. The van der Waals surface area contributed by atoms with Gasteiger partial charge in [-0.05, 0) is 11.6 Å². The normalized spacial score (nSPS) is 13.5. The van der Waals surface area contributed by atoms with Crippen molar-refractivity contribution in [1.82, 2.24) is 0 Å². The molecule has 1 aromatic rings. The zero-order valence-electron chi connectivity index (χ0n) is 8.24. The number of halogens is 4. The minimum absolute atomic E-state index is 0.164. The number of aliphatic hydroxyl groups excluding tert-OH is 1. The van der Waals surface area contributed by atoms with Gasteiger partial charge in [0.05, 0.1) is 4.92 Å². The van der Waals surface area contributed by atoms with Gasteiger partial charge >= 0.3 is 11.9 Å². The number of aliphatic hydroxyl groups is 1. The maximum Gasteiger partial charge on any atom is 0.414 e. The first-order valence-corrected chi connectivity index (χ1v) is 4.39. The lowest BCUT2D eigenvalue weighted by Gasteiger charge is -2.14. The van der Waals surface area contributed by atoms with E-state index in [4.69, 9.17) is 5.11 Å². The molecule has 1 unspecified atom stereocenters. The second-order valence-corrected chi connectivity index (χ2v) is 3.30. The highest BCUT2D eigenvalue weighted by Crippen LogP contribution is 2.25. The molecule has 94 valence electrons. The number of nitrogens with zero attached hydrogens (tertiary/aromatic N) is 1. The fourth-order valence-electron chi connectivity index (χ4n) is 1.16. The second kappa shape index (κ2) is 4.66. The van der Waals surface area contributed by atoms with Gasteiger partial charge in [-0.3, -0.25) is 10.1 Å². The highest BCUT2D eigenvalue weighted by molar-refractivity contribution is 5.36. The predicted octanol–water partition coefficient (Wildman–Crippen LogP) is 2.20. The van der Waals surface area contributed by atoms with Crippen molar-refractivity contribution in [2.75, 3.05) is 0 Å². The van der Waals surface area contributed by atoms with Crippen LogP contribution in [0, 0.1) is 15.9 Å². The summed E-state index contributed by atoms with van der Waals surface area (Å²) in [5, 5.41) is 19.1. The quantitative estimate of drug-likeness (QED) is 0.510. The van der Waals surface area contributed by atoms with Crippen LogP contribution in [-0.2, 0) is 6.42 Å². The van der Waals surface area contributed by atoms with Crippen molar-refractivity contribution in [3.8, 4) is 0 Å². The zero-order chi connectivity index (χ0) is 13.2. The molecule has 8 heteroatoms. The van der Waals surface area contributed by atoms with Gasteiger partial charge in [-0.2, -0.15) is 17.6 Å². The number of alkyl halides is 3. The molecule has 0 amide bonds. The van der Waals surface area contributed by atoms with Crippen LogP contribution in [0.3, 0.4) is 0 Å². The van der Waals surface area contributed by atoms with E-state index in [1.54, 1.807) is 0 Å². The second-order valence-electron chi connectivity index (χ2n) is 3.30. The molecule has 0 saturated heterocycles. The van der Waals surface area contributed by atoms with Gasteiger partial charge in [0.2, 0.25) is 5.82 Å². The lowest BCUT2D eigenvalue weighted by molar-refractivity contribution is -0.387. The molecule has 1 aromatic carbocycles. The van der Waals surface area contributed by atoms with Gasteiger partial charge in [-0.25, -0.2) is 0 Å². The van der Waals surface area contributed by atoms with E-state index in [1.165, 1.54) is 0 Å². The van der Waals surface area contributed by atoms with E-state index in [0.717, 1.165) is 6.07 Å². The van der Waals surface area contributed by atoms with Gasteiger partial charge in [-0.15, -0.1) is 0 Å². The van der Waals surface area contributed by atoms with Crippen LogP contribution < -0.4 is 0 Å². The Bertz CT molecular complexity index is 433. The summed E-state index contributed by atoms with van der Waals surface area (Å²) < 4.78 is 48.9. The summed E-state index contributed by atoms with van der Waals surface area (Å²) in [6, 6.07) is 2.32. The van der Waals surface area contributed by atoms with Crippen LogP contribution in [0.4, 0.5) is 23.2 Å². The largest absolute Gasteiger partial charge is 0.414 e. The highest BCUT2D eigenvalue weighted by atomic mass is 19.4. The van der Waals surface area contributed by atoms with Crippen molar-refractivity contribution in [3.63, 3.8) is 0 Å². The molecule has 0 radical (unpaired) electrons. The number of rotatable bonds is 3. The molecule has 1 atom stereocenters. The highest BCUT2D eigenvalue weighted by Gasteiger charge is 2.38. The van der Waals surface area contributed by atoms with Gasteiger partial charge < -0.3 is 5.11 Å². The van der Waals surface area contributed by atoms with Crippen molar-refractivity contribution < 1.29 is 27.6 Å². The minimum Gasteiger partial charge on any atom is -0.383 e. The Balaban J connectivity index is 2.94. The third-order valence-corrected chi connectivity index (χ3v) is 2.01. The molecule has 0 spiro atoms. The number of nitro groups is 1. The molecule has 0 saturated carbocycles. The average molecular weight is 253 g/mol. The van der Waals surface area contributed by atoms with Gasteiger partial charge in [0.25, 0.3) is 0 Å². The smallest absolute Gasteiger partial charge is 0.383 e. The Hall–Kier alpha value is -1.70. The molecule has 0 fully saturated rings. The van der Waals surface area contributed by atoms with E-state index in [9.17, 15) is 27.7 Å². The first-order valence-electron chi connectivity index (χ1n) is 4.39. The molecule has 0 aromatic heterocycles. The van der Waals surface area contributed by atoms with Gasteiger partial charge in [0.1, 0.15) is 0 Å². The molecule has 0 heterocycles. The predicted molar refractivity (Wildman–Crippen MR) is 48.8 cm³/mol. The molecular formula is C9H7F4NO3. The summed E-state index contributed by atoms with van der Waals surface area (Å²) >= 11 is 0. The van der Waals surface area contributed by atoms with Crippen molar-refractivity contribution in [3.05, 3.63) is 39.7 Å². The number of benzene rings is 1. The van der Waals surface area contributed by atoms with Crippen molar-refractivity contribution in [2.24, 2.45) is 0 Å². The zero-order valence-corrected chi connectivity index (χ0v) is 8.24. The van der Waals surface area contributed by atoms with E-state index in [1.807, 2.05) is 0 Å². The third kappa shape index (κ3) is 3.38. The fraction of sp³-hybridized carbons (Fsp3) is 0.333. The van der Waals surface area contributed by atoms with E-state index in [2.05, 4.69) is 0 Å². The van der Waals surface area contributed by atoms with Crippen LogP contribution in [0.5, 0.6) is 0 Å². The molecular weight excluding hydrogens is 246 g/mol. The van der Waals surface area contributed by atoms with Crippen LogP contribution in [0.2, 0.25) is 0 Å². The fourth-order valence-corrected chi connectivity index (χ4v) is 1.16. The molecule has 0 aliphatic heterocycles. The summed E-state index contributed by atoms with van der Waals surface area (Å²) in [4.78, 5) is 9.29. The molecule has 0 bridgehead atoms. The van der Waals surface area contributed by atoms with Gasteiger partial charge in [0, 0.05) is 12.5 Å². The Labute approximate surface area is 92.6 Å². The van der Waals surface area contributed by atoms with E-state index >= 15 is 0 Å². The lowest BCUT2D eigenvalue weighted by atomic mass is 10.1. The van der Waals surface area contributed by atoms with Crippen LogP contribution in [0.15, 0.2) is 18.2 Å².